The van der Waals surface area contributed by atoms with Gasteiger partial charge in [-0.2, -0.15) is 4.98 Å². The van der Waals surface area contributed by atoms with Crippen LogP contribution in [0.15, 0.2) is 40.0 Å². The maximum absolute atomic E-state index is 12.6. The number of benzene rings is 1. The lowest BCUT2D eigenvalue weighted by atomic mass is 10.1. The molecule has 1 aliphatic rings. The summed E-state index contributed by atoms with van der Waals surface area (Å²) in [4.78, 5) is 35.7. The predicted octanol–water partition coefficient (Wildman–Crippen LogP) is 5.18. The van der Waals surface area contributed by atoms with Crippen LogP contribution < -0.4 is 5.32 Å². The summed E-state index contributed by atoms with van der Waals surface area (Å²) in [6.45, 7) is 11.0. The molecule has 0 spiro atoms. The molecule has 1 atom stereocenters. The van der Waals surface area contributed by atoms with Crippen molar-refractivity contribution in [1.29, 1.82) is 0 Å². The summed E-state index contributed by atoms with van der Waals surface area (Å²) in [5.41, 5.74) is 0.430. The fourth-order valence-corrected chi connectivity index (χ4v) is 4.21. The molecule has 11 nitrogen and oxygen atoms in total. The molecule has 1 aromatic carbocycles. The second-order valence-electron chi connectivity index (χ2n) is 11.0. The van der Waals surface area contributed by atoms with Crippen LogP contribution in [-0.2, 0) is 16.5 Å². The first-order valence-electron chi connectivity index (χ1n) is 12.3. The Hall–Kier alpha value is -3.89. The molecule has 4 rings (SSSR count). The fraction of sp³-hybridized carbons (Fsp3) is 0.500. The summed E-state index contributed by atoms with van der Waals surface area (Å²) in [7, 11) is 1.97. The summed E-state index contributed by atoms with van der Waals surface area (Å²) < 4.78 is 18.4. The quantitative estimate of drug-likeness (QED) is 0.369. The van der Waals surface area contributed by atoms with E-state index in [1.807, 2.05) is 42.1 Å². The van der Waals surface area contributed by atoms with E-state index in [0.717, 1.165) is 22.9 Å². The molecule has 2 aromatic heterocycles. The number of fused-ring (bicyclic) bond motifs is 1. The average Bonchev–Trinajstić information content (AvgIpc) is 3.49. The van der Waals surface area contributed by atoms with Crippen LogP contribution in [0, 0.1) is 0 Å². The number of hydrogen-bond donors (Lipinski definition) is 1. The zero-order valence-corrected chi connectivity index (χ0v) is 22.4. The number of hydrogen-bond acceptors (Lipinski definition) is 7. The number of amides is 2. The number of aromatic nitrogens is 3. The maximum atomic E-state index is 12.6. The third kappa shape index (κ3) is 6.28. The number of likely N-dealkylation sites (tertiary alicyclic amines) is 1. The highest BCUT2D eigenvalue weighted by atomic mass is 16.6. The van der Waals surface area contributed by atoms with E-state index < -0.39 is 29.4 Å². The minimum absolute atomic E-state index is 0.0101. The van der Waals surface area contributed by atoms with Crippen molar-refractivity contribution in [3.05, 3.63) is 36.4 Å². The van der Waals surface area contributed by atoms with Crippen molar-refractivity contribution in [3.63, 3.8) is 0 Å². The van der Waals surface area contributed by atoms with Crippen molar-refractivity contribution in [3.8, 4) is 11.4 Å². The topological polar surface area (TPSA) is 124 Å². The number of aryl methyl sites for hydroxylation is 1. The van der Waals surface area contributed by atoms with E-state index in [-0.39, 0.29) is 5.96 Å². The molecule has 0 bridgehead atoms. The van der Waals surface area contributed by atoms with E-state index in [0.29, 0.717) is 24.7 Å². The van der Waals surface area contributed by atoms with Gasteiger partial charge in [-0.1, -0.05) is 23.4 Å². The molecule has 2 amide bonds. The zero-order chi connectivity index (χ0) is 27.0. The van der Waals surface area contributed by atoms with Crippen LogP contribution in [0.1, 0.15) is 66.3 Å². The van der Waals surface area contributed by atoms with Gasteiger partial charge in [0.1, 0.15) is 17.2 Å². The largest absolute Gasteiger partial charge is 0.444 e. The van der Waals surface area contributed by atoms with Gasteiger partial charge in [0.25, 0.3) is 0 Å². The number of carbonyl (C=O) groups is 2. The van der Waals surface area contributed by atoms with Crippen LogP contribution >= 0.6 is 0 Å². The molecule has 0 saturated carbocycles. The number of nitrogens with one attached hydrogen (secondary N) is 1. The van der Waals surface area contributed by atoms with Crippen LogP contribution in [0.2, 0.25) is 0 Å². The fourth-order valence-electron chi connectivity index (χ4n) is 4.21. The standard InChI is InChI=1S/C26H34N6O5/c1-25(2,3)35-23(33)28-22(29-24(34)36-26(4,5)6)32-14-10-13-19(32)21-27-20(30-37-21)17-15-31(7)18-12-9-8-11-16(17)18/h8-9,11-12,15,19H,10,13-14H2,1-7H3,(H,28,29,33,34). The van der Waals surface area contributed by atoms with Crippen molar-refractivity contribution < 1.29 is 23.6 Å². The van der Waals surface area contributed by atoms with Gasteiger partial charge in [0.05, 0.1) is 0 Å². The predicted molar refractivity (Wildman–Crippen MR) is 138 cm³/mol. The summed E-state index contributed by atoms with van der Waals surface area (Å²) in [5, 5.41) is 7.87. The first kappa shape index (κ1) is 26.2. The summed E-state index contributed by atoms with van der Waals surface area (Å²) in [6, 6.07) is 7.59. The molecular weight excluding hydrogens is 476 g/mol. The molecular formula is C26H34N6O5. The Morgan fingerprint density at radius 1 is 1.11 bits per heavy atom. The van der Waals surface area contributed by atoms with E-state index in [2.05, 4.69) is 20.4 Å². The first-order chi connectivity index (χ1) is 17.3. The smallest absolute Gasteiger partial charge is 0.437 e. The number of guanidine groups is 1. The minimum atomic E-state index is -0.828. The first-order valence-corrected chi connectivity index (χ1v) is 12.3. The Balaban J connectivity index is 1.64. The Kier molecular flexibility index (Phi) is 6.98. The maximum Gasteiger partial charge on any atom is 0.437 e. The van der Waals surface area contributed by atoms with Gasteiger partial charge in [-0.3, -0.25) is 5.32 Å². The number of rotatable bonds is 2. The summed E-state index contributed by atoms with van der Waals surface area (Å²) >= 11 is 0. The zero-order valence-electron chi connectivity index (χ0n) is 22.4. The highest BCUT2D eigenvalue weighted by Crippen LogP contribution is 2.34. The molecule has 1 N–H and O–H groups in total. The van der Waals surface area contributed by atoms with Gasteiger partial charge in [-0.05, 0) is 60.5 Å². The van der Waals surface area contributed by atoms with Gasteiger partial charge < -0.3 is 23.5 Å². The highest BCUT2D eigenvalue weighted by Gasteiger charge is 2.35. The number of nitrogens with zero attached hydrogens (tertiary/aromatic N) is 5. The number of aliphatic imine (C=N–C) groups is 1. The Morgan fingerprint density at radius 3 is 2.51 bits per heavy atom. The van der Waals surface area contributed by atoms with Gasteiger partial charge >= 0.3 is 12.2 Å². The minimum Gasteiger partial charge on any atom is -0.444 e. The van der Waals surface area contributed by atoms with Crippen LogP contribution in [-0.4, -0.2) is 55.5 Å². The van der Waals surface area contributed by atoms with Crippen molar-refractivity contribution in [1.82, 2.24) is 24.9 Å². The van der Waals surface area contributed by atoms with Crippen LogP contribution in [0.5, 0.6) is 0 Å². The lowest BCUT2D eigenvalue weighted by Crippen LogP contribution is -2.46. The summed E-state index contributed by atoms with van der Waals surface area (Å²) in [5.74, 6) is 0.837. The van der Waals surface area contributed by atoms with Gasteiger partial charge in [-0.25, -0.2) is 9.59 Å². The highest BCUT2D eigenvalue weighted by molar-refractivity contribution is 5.99. The van der Waals surface area contributed by atoms with Crippen molar-refractivity contribution in [2.45, 2.75) is 71.6 Å². The third-order valence-corrected chi connectivity index (χ3v) is 5.59. The van der Waals surface area contributed by atoms with Gasteiger partial charge in [0, 0.05) is 36.3 Å². The van der Waals surface area contributed by atoms with Crippen LogP contribution in [0.25, 0.3) is 22.3 Å². The molecule has 198 valence electrons. The molecule has 11 heteroatoms. The lowest BCUT2D eigenvalue weighted by Gasteiger charge is -2.27. The second kappa shape index (κ2) is 9.87. The molecule has 0 radical (unpaired) electrons. The number of ether oxygens (including phenoxy) is 2. The van der Waals surface area contributed by atoms with Crippen LogP contribution in [0.4, 0.5) is 9.59 Å². The average molecular weight is 511 g/mol. The van der Waals surface area contributed by atoms with Gasteiger partial charge in [0.2, 0.25) is 17.7 Å². The molecule has 3 aromatic rings. The Labute approximate surface area is 215 Å². The molecule has 37 heavy (non-hydrogen) atoms. The SMILES string of the molecule is Cn1cc(-c2noc(C3CCCN3C(=NC(=O)OC(C)(C)C)NC(=O)OC(C)(C)C)n2)c2ccccc21. The molecule has 1 fully saturated rings. The van der Waals surface area contributed by atoms with E-state index >= 15 is 0 Å². The van der Waals surface area contributed by atoms with E-state index in [1.165, 1.54) is 0 Å². The van der Waals surface area contributed by atoms with Crippen molar-refractivity contribution in [2.24, 2.45) is 12.0 Å². The molecule has 1 aliphatic heterocycles. The molecule has 1 saturated heterocycles. The third-order valence-electron chi connectivity index (χ3n) is 5.59. The molecule has 3 heterocycles. The number of carbonyl (C=O) groups excluding carboxylic acids is 2. The van der Waals surface area contributed by atoms with Gasteiger partial charge in [-0.15, -0.1) is 4.99 Å². The second-order valence-corrected chi connectivity index (χ2v) is 11.0. The number of alkyl carbamates (subject to hydrolysis) is 1. The van der Waals surface area contributed by atoms with E-state index in [1.54, 1.807) is 46.4 Å². The monoisotopic (exact) mass is 510 g/mol. The van der Waals surface area contributed by atoms with Gasteiger partial charge in [0.15, 0.2) is 0 Å². The lowest BCUT2D eigenvalue weighted by molar-refractivity contribution is 0.0553. The molecule has 0 aliphatic carbocycles. The number of para-hydroxylation sites is 1. The summed E-state index contributed by atoms with van der Waals surface area (Å²) in [6.07, 6.45) is 1.83. The normalized spacial score (nSPS) is 16.8. The molecule has 1 unspecified atom stereocenters. The van der Waals surface area contributed by atoms with Crippen molar-refractivity contribution >= 4 is 29.0 Å². The Morgan fingerprint density at radius 2 is 1.81 bits per heavy atom. The van der Waals surface area contributed by atoms with Crippen LogP contribution in [0.3, 0.4) is 0 Å². The van der Waals surface area contributed by atoms with E-state index in [9.17, 15) is 9.59 Å². The Bertz CT molecular complexity index is 1330. The van der Waals surface area contributed by atoms with Crippen molar-refractivity contribution in [2.75, 3.05) is 6.54 Å². The van der Waals surface area contributed by atoms with E-state index in [4.69, 9.17) is 14.0 Å².